The number of hydrogen-bond acceptors (Lipinski definition) is 5. The van der Waals surface area contributed by atoms with Gasteiger partial charge in [-0.2, -0.15) is 0 Å². The summed E-state index contributed by atoms with van der Waals surface area (Å²) in [5.74, 6) is -0.737. The van der Waals surface area contributed by atoms with Crippen LogP contribution in [0.15, 0.2) is 12.1 Å². The molecule has 1 fully saturated rings. The molecule has 0 aliphatic carbocycles. The Morgan fingerprint density at radius 2 is 2.40 bits per heavy atom. The molecule has 0 bridgehead atoms. The molecule has 1 aromatic carbocycles. The zero-order valence-corrected chi connectivity index (χ0v) is 11.3. The number of benzene rings is 1. The number of methoxy groups -OCH3 is 1. The van der Waals surface area contributed by atoms with Crippen LogP contribution in [0.4, 0.5) is 15.8 Å². The molecule has 1 unspecified atom stereocenters. The van der Waals surface area contributed by atoms with Crippen molar-refractivity contribution in [3.8, 4) is 5.75 Å². The Balaban J connectivity index is 2.05. The zero-order chi connectivity index (χ0) is 14.5. The standard InChI is InChI=1S/C13H18FN3O3/c1-20-13-8-11(12(17(18)19)7-10(13)14)16-6-4-9-3-2-5-15-9/h7-9,15-16H,2-6H2,1H3. The highest BCUT2D eigenvalue weighted by molar-refractivity contribution is 5.64. The second-order valence-corrected chi connectivity index (χ2v) is 4.77. The third-order valence-electron chi connectivity index (χ3n) is 3.44. The minimum Gasteiger partial charge on any atom is -0.494 e. The first-order chi connectivity index (χ1) is 9.61. The van der Waals surface area contributed by atoms with Crippen LogP contribution in [0.25, 0.3) is 0 Å². The van der Waals surface area contributed by atoms with Gasteiger partial charge in [-0.1, -0.05) is 0 Å². The van der Waals surface area contributed by atoms with E-state index in [1.165, 1.54) is 13.2 Å². The molecule has 7 heteroatoms. The van der Waals surface area contributed by atoms with Gasteiger partial charge in [0, 0.05) is 18.7 Å². The summed E-state index contributed by atoms with van der Waals surface area (Å²) in [6.07, 6.45) is 3.16. The number of halogens is 1. The number of ether oxygens (including phenoxy) is 1. The lowest BCUT2D eigenvalue weighted by Gasteiger charge is -2.12. The first-order valence-electron chi connectivity index (χ1n) is 6.61. The van der Waals surface area contributed by atoms with Crippen LogP contribution in [-0.2, 0) is 0 Å². The Bertz CT molecular complexity index is 490. The van der Waals surface area contributed by atoms with Crippen molar-refractivity contribution in [3.63, 3.8) is 0 Å². The molecular formula is C13H18FN3O3. The van der Waals surface area contributed by atoms with E-state index in [0.29, 0.717) is 12.6 Å². The van der Waals surface area contributed by atoms with E-state index < -0.39 is 10.7 Å². The molecule has 0 aromatic heterocycles. The van der Waals surface area contributed by atoms with Gasteiger partial charge in [0.2, 0.25) is 0 Å². The van der Waals surface area contributed by atoms with Crippen LogP contribution in [0.2, 0.25) is 0 Å². The largest absolute Gasteiger partial charge is 0.494 e. The number of nitro groups is 1. The Morgan fingerprint density at radius 1 is 1.60 bits per heavy atom. The molecule has 1 aromatic rings. The van der Waals surface area contributed by atoms with E-state index in [2.05, 4.69) is 10.6 Å². The first kappa shape index (κ1) is 14.5. The minimum atomic E-state index is -0.734. The number of anilines is 1. The highest BCUT2D eigenvalue weighted by Gasteiger charge is 2.19. The highest BCUT2D eigenvalue weighted by atomic mass is 19.1. The number of nitrogens with zero attached hydrogens (tertiary/aromatic N) is 1. The third-order valence-corrected chi connectivity index (χ3v) is 3.44. The van der Waals surface area contributed by atoms with E-state index in [1.807, 2.05) is 0 Å². The van der Waals surface area contributed by atoms with E-state index in [1.54, 1.807) is 0 Å². The van der Waals surface area contributed by atoms with Crippen LogP contribution in [0, 0.1) is 15.9 Å². The van der Waals surface area contributed by atoms with Crippen molar-refractivity contribution in [2.75, 3.05) is 25.5 Å². The summed E-state index contributed by atoms with van der Waals surface area (Å²) in [7, 11) is 1.33. The second kappa shape index (κ2) is 6.51. The lowest BCUT2D eigenvalue weighted by atomic mass is 10.1. The molecule has 1 aliphatic heterocycles. The second-order valence-electron chi connectivity index (χ2n) is 4.77. The lowest BCUT2D eigenvalue weighted by Crippen LogP contribution is -2.24. The predicted molar refractivity (Wildman–Crippen MR) is 73.7 cm³/mol. The van der Waals surface area contributed by atoms with Crippen LogP contribution in [0.5, 0.6) is 5.75 Å². The predicted octanol–water partition coefficient (Wildman–Crippen LogP) is 2.30. The molecule has 110 valence electrons. The molecule has 0 amide bonds. The van der Waals surface area contributed by atoms with Gasteiger partial charge in [-0.25, -0.2) is 4.39 Å². The highest BCUT2D eigenvalue weighted by Crippen LogP contribution is 2.31. The van der Waals surface area contributed by atoms with Crippen LogP contribution < -0.4 is 15.4 Å². The zero-order valence-electron chi connectivity index (χ0n) is 11.3. The summed E-state index contributed by atoms with van der Waals surface area (Å²) in [6, 6.07) is 2.66. The average Bonchev–Trinajstić information content (AvgIpc) is 2.93. The van der Waals surface area contributed by atoms with Gasteiger partial charge in [-0.15, -0.1) is 0 Å². The van der Waals surface area contributed by atoms with Crippen LogP contribution in [0.3, 0.4) is 0 Å². The maximum absolute atomic E-state index is 13.5. The number of rotatable bonds is 6. The fourth-order valence-electron chi connectivity index (χ4n) is 2.38. The fraction of sp³-hybridized carbons (Fsp3) is 0.538. The SMILES string of the molecule is COc1cc(NCCC2CCCN2)c([N+](=O)[O-])cc1F. The molecule has 20 heavy (non-hydrogen) atoms. The van der Waals surface area contributed by atoms with Gasteiger partial charge in [0.1, 0.15) is 5.69 Å². The quantitative estimate of drug-likeness (QED) is 0.619. The van der Waals surface area contributed by atoms with Crippen molar-refractivity contribution in [1.82, 2.24) is 5.32 Å². The Hall–Kier alpha value is -1.89. The van der Waals surface area contributed by atoms with Gasteiger partial charge in [-0.05, 0) is 25.8 Å². The van der Waals surface area contributed by atoms with Gasteiger partial charge in [0.25, 0.3) is 5.69 Å². The fourth-order valence-corrected chi connectivity index (χ4v) is 2.38. The van der Waals surface area contributed by atoms with E-state index in [-0.39, 0.29) is 17.1 Å². The average molecular weight is 283 g/mol. The molecular weight excluding hydrogens is 265 g/mol. The summed E-state index contributed by atoms with van der Waals surface area (Å²) in [5, 5.41) is 17.3. The number of hydrogen-bond donors (Lipinski definition) is 2. The molecule has 1 aliphatic rings. The van der Waals surface area contributed by atoms with Crippen molar-refractivity contribution >= 4 is 11.4 Å². The lowest BCUT2D eigenvalue weighted by molar-refractivity contribution is -0.384. The molecule has 1 saturated heterocycles. The molecule has 2 rings (SSSR count). The molecule has 1 atom stereocenters. The maximum Gasteiger partial charge on any atom is 0.295 e. The van der Waals surface area contributed by atoms with Gasteiger partial charge >= 0.3 is 0 Å². The van der Waals surface area contributed by atoms with E-state index in [4.69, 9.17) is 4.74 Å². The van der Waals surface area contributed by atoms with Gasteiger partial charge in [0.05, 0.1) is 18.1 Å². The molecule has 1 heterocycles. The number of nitrogens with one attached hydrogen (secondary N) is 2. The van der Waals surface area contributed by atoms with E-state index >= 15 is 0 Å². The van der Waals surface area contributed by atoms with Gasteiger partial charge in [0.15, 0.2) is 11.6 Å². The van der Waals surface area contributed by atoms with Crippen molar-refractivity contribution in [2.24, 2.45) is 0 Å². The molecule has 6 nitrogen and oxygen atoms in total. The molecule has 0 spiro atoms. The Kier molecular flexibility index (Phi) is 4.73. The third kappa shape index (κ3) is 3.36. The smallest absolute Gasteiger partial charge is 0.295 e. The normalized spacial score (nSPS) is 18.0. The van der Waals surface area contributed by atoms with Gasteiger partial charge in [-0.3, -0.25) is 10.1 Å². The first-order valence-corrected chi connectivity index (χ1v) is 6.61. The van der Waals surface area contributed by atoms with Crippen molar-refractivity contribution in [1.29, 1.82) is 0 Å². The summed E-state index contributed by atoms with van der Waals surface area (Å²) >= 11 is 0. The van der Waals surface area contributed by atoms with Crippen LogP contribution in [-0.4, -0.2) is 31.2 Å². The summed E-state index contributed by atoms with van der Waals surface area (Å²) in [5.41, 5.74) is 0.00827. The summed E-state index contributed by atoms with van der Waals surface area (Å²) in [4.78, 5) is 10.3. The maximum atomic E-state index is 13.5. The Labute approximate surface area is 116 Å². The molecule has 2 N–H and O–H groups in total. The van der Waals surface area contributed by atoms with Crippen molar-refractivity contribution in [2.45, 2.75) is 25.3 Å². The molecule has 0 saturated carbocycles. The Morgan fingerprint density at radius 3 is 3.00 bits per heavy atom. The van der Waals surface area contributed by atoms with Gasteiger partial charge < -0.3 is 15.4 Å². The molecule has 0 radical (unpaired) electrons. The van der Waals surface area contributed by atoms with Crippen LogP contribution >= 0.6 is 0 Å². The monoisotopic (exact) mass is 283 g/mol. The minimum absolute atomic E-state index is 0.00269. The summed E-state index contributed by atoms with van der Waals surface area (Å²) < 4.78 is 18.3. The van der Waals surface area contributed by atoms with Crippen LogP contribution in [0.1, 0.15) is 19.3 Å². The topological polar surface area (TPSA) is 76.4 Å². The van der Waals surface area contributed by atoms with Crippen molar-refractivity contribution in [3.05, 3.63) is 28.1 Å². The number of nitro benzene ring substituents is 1. The summed E-state index contributed by atoms with van der Waals surface area (Å²) in [6.45, 7) is 1.61. The van der Waals surface area contributed by atoms with E-state index in [9.17, 15) is 14.5 Å². The van der Waals surface area contributed by atoms with Crippen molar-refractivity contribution < 1.29 is 14.1 Å². The van der Waals surface area contributed by atoms with E-state index in [0.717, 1.165) is 31.9 Å².